The van der Waals surface area contributed by atoms with Gasteiger partial charge < -0.3 is 19.7 Å². The minimum absolute atomic E-state index is 0.193. The smallest absolute Gasteiger partial charge is 0.317 e. The maximum absolute atomic E-state index is 14.4. The number of halogens is 1. The van der Waals surface area contributed by atoms with Crippen LogP contribution in [0.3, 0.4) is 0 Å². The highest BCUT2D eigenvalue weighted by atomic mass is 32.2. The summed E-state index contributed by atoms with van der Waals surface area (Å²) < 4.78 is 44.5. The van der Waals surface area contributed by atoms with Crippen molar-refractivity contribution >= 4 is 21.9 Å². The molecule has 1 saturated heterocycles. The molecule has 1 N–H and O–H groups in total. The molecule has 2 aliphatic rings. The lowest BCUT2D eigenvalue weighted by atomic mass is 10.1. The van der Waals surface area contributed by atoms with Gasteiger partial charge in [-0.3, -0.25) is 0 Å². The van der Waals surface area contributed by atoms with Gasteiger partial charge >= 0.3 is 6.03 Å². The Morgan fingerprint density at radius 1 is 1.09 bits per heavy atom. The number of benzene rings is 2. The Bertz CT molecular complexity index is 1330. The normalized spacial score (nSPS) is 16.9. The first-order valence-corrected chi connectivity index (χ1v) is 11.9. The number of piperazine rings is 1. The van der Waals surface area contributed by atoms with Crippen molar-refractivity contribution in [2.24, 2.45) is 4.40 Å². The molecule has 0 spiro atoms. The highest BCUT2D eigenvalue weighted by Gasteiger charge is 2.33. The van der Waals surface area contributed by atoms with E-state index in [4.69, 9.17) is 0 Å². The van der Waals surface area contributed by atoms with E-state index >= 15 is 0 Å². The maximum Gasteiger partial charge on any atom is 0.317 e. The van der Waals surface area contributed by atoms with Gasteiger partial charge in [-0.25, -0.2) is 14.2 Å². The van der Waals surface area contributed by atoms with Crippen LogP contribution in [0, 0.1) is 5.82 Å². The molecule has 5 rings (SSSR count). The summed E-state index contributed by atoms with van der Waals surface area (Å²) in [6.07, 6.45) is 4.75. The van der Waals surface area contributed by atoms with E-state index in [1.165, 1.54) is 12.4 Å². The van der Waals surface area contributed by atoms with E-state index < -0.39 is 15.8 Å². The Labute approximate surface area is 190 Å². The third-order valence-corrected chi connectivity index (χ3v) is 7.04. The van der Waals surface area contributed by atoms with Crippen LogP contribution < -0.4 is 5.32 Å². The summed E-state index contributed by atoms with van der Waals surface area (Å²) in [4.78, 5) is 20.3. The molecular weight excluding hydrogens is 447 g/mol. The van der Waals surface area contributed by atoms with E-state index in [0.717, 1.165) is 0 Å². The van der Waals surface area contributed by atoms with Crippen LogP contribution in [0.25, 0.3) is 5.69 Å². The van der Waals surface area contributed by atoms with Crippen LogP contribution in [0.15, 0.2) is 70.5 Å². The molecule has 2 amide bonds. The van der Waals surface area contributed by atoms with Crippen LogP contribution >= 0.6 is 0 Å². The van der Waals surface area contributed by atoms with Gasteiger partial charge in [0.25, 0.3) is 10.0 Å². The van der Waals surface area contributed by atoms with Gasteiger partial charge in [0, 0.05) is 50.7 Å². The van der Waals surface area contributed by atoms with Crippen molar-refractivity contribution in [3.63, 3.8) is 0 Å². The van der Waals surface area contributed by atoms with Crippen molar-refractivity contribution in [2.45, 2.75) is 11.4 Å². The van der Waals surface area contributed by atoms with Gasteiger partial charge in [-0.1, -0.05) is 18.2 Å². The van der Waals surface area contributed by atoms with Crippen LogP contribution in [0.4, 0.5) is 9.18 Å². The van der Waals surface area contributed by atoms with E-state index in [9.17, 15) is 17.6 Å². The third kappa shape index (κ3) is 4.07. The lowest BCUT2D eigenvalue weighted by molar-refractivity contribution is 0.169. The molecule has 0 unspecified atom stereocenters. The minimum atomic E-state index is -3.68. The molecular formula is C22H21FN6O3S. The third-order valence-electron chi connectivity index (χ3n) is 5.72. The Hall–Kier alpha value is -3.73. The van der Waals surface area contributed by atoms with Crippen molar-refractivity contribution in [3.05, 3.63) is 78.1 Å². The molecule has 33 heavy (non-hydrogen) atoms. The van der Waals surface area contributed by atoms with Gasteiger partial charge in [-0.15, -0.1) is 4.40 Å². The number of imidazole rings is 1. The highest BCUT2D eigenvalue weighted by molar-refractivity contribution is 7.90. The summed E-state index contributed by atoms with van der Waals surface area (Å²) in [5.74, 6) is 0.0278. The molecule has 0 radical (unpaired) electrons. The Morgan fingerprint density at radius 2 is 1.88 bits per heavy atom. The molecule has 9 nitrogen and oxygen atoms in total. The molecule has 0 saturated carbocycles. The Morgan fingerprint density at radius 3 is 2.61 bits per heavy atom. The van der Waals surface area contributed by atoms with E-state index in [0.29, 0.717) is 48.8 Å². The molecule has 0 bridgehead atoms. The topological polar surface area (TPSA) is 99.9 Å². The molecule has 170 valence electrons. The number of carbonyl (C=O) groups excluding carboxylic acids is 1. The number of aromatic nitrogens is 2. The standard InChI is InChI=1S/C22H21FN6O3S/c23-18-13-16(5-6-19(18)29-8-7-24-15-29)14-25-22(30)28-11-9-27(10-12-28)21-17-3-1-2-4-20(17)33(31,32)26-21/h1-8,13,15H,9-12,14H2,(H,25,30). The van der Waals surface area contributed by atoms with Crippen LogP contribution in [-0.4, -0.2) is 65.8 Å². The Kier molecular flexibility index (Phi) is 5.33. The molecule has 3 aromatic rings. The number of amidine groups is 1. The van der Waals surface area contributed by atoms with Gasteiger partial charge in [-0.05, 0) is 29.8 Å². The SMILES string of the molecule is O=C(NCc1ccc(-n2ccnc2)c(F)c1)N1CCN(C2=NS(=O)(=O)c3ccccc32)CC1. The second-order valence-electron chi connectivity index (χ2n) is 7.77. The molecule has 0 atom stereocenters. The van der Waals surface area contributed by atoms with Crippen LogP contribution in [0.1, 0.15) is 11.1 Å². The van der Waals surface area contributed by atoms with Crippen molar-refractivity contribution < 1.29 is 17.6 Å². The first kappa shape index (κ1) is 21.1. The van der Waals surface area contributed by atoms with Gasteiger partial charge in [0.2, 0.25) is 0 Å². The molecule has 2 aliphatic heterocycles. The Balaban J connectivity index is 1.18. The first-order valence-electron chi connectivity index (χ1n) is 10.4. The van der Waals surface area contributed by atoms with Crippen molar-refractivity contribution in [2.75, 3.05) is 26.2 Å². The highest BCUT2D eigenvalue weighted by Crippen LogP contribution is 2.27. The summed E-state index contributed by atoms with van der Waals surface area (Å²) >= 11 is 0. The van der Waals surface area contributed by atoms with Crippen molar-refractivity contribution in [3.8, 4) is 5.69 Å². The number of urea groups is 1. The van der Waals surface area contributed by atoms with Crippen LogP contribution in [-0.2, 0) is 16.6 Å². The number of hydrogen-bond acceptors (Lipinski definition) is 5. The monoisotopic (exact) mass is 468 g/mol. The van der Waals surface area contributed by atoms with E-state index in [1.54, 1.807) is 58.3 Å². The predicted octanol–water partition coefficient (Wildman–Crippen LogP) is 1.99. The average Bonchev–Trinajstić information content (AvgIpc) is 3.44. The summed E-state index contributed by atoms with van der Waals surface area (Å²) in [5.41, 5.74) is 1.62. The number of fused-ring (bicyclic) bond motifs is 1. The van der Waals surface area contributed by atoms with Crippen molar-refractivity contribution in [1.29, 1.82) is 0 Å². The second-order valence-corrected chi connectivity index (χ2v) is 9.35. The number of rotatable bonds is 3. The zero-order valence-corrected chi connectivity index (χ0v) is 18.4. The van der Waals surface area contributed by atoms with Crippen LogP contribution in [0.2, 0.25) is 0 Å². The molecule has 3 heterocycles. The quantitative estimate of drug-likeness (QED) is 0.634. The molecule has 2 aromatic carbocycles. The number of nitrogens with zero attached hydrogens (tertiary/aromatic N) is 5. The number of nitrogens with one attached hydrogen (secondary N) is 1. The second kappa shape index (κ2) is 8.32. The van der Waals surface area contributed by atoms with E-state index in [-0.39, 0.29) is 17.5 Å². The van der Waals surface area contributed by atoms with E-state index in [2.05, 4.69) is 14.7 Å². The minimum Gasteiger partial charge on any atom is -0.352 e. The van der Waals surface area contributed by atoms with Gasteiger partial charge in [0.1, 0.15) is 10.7 Å². The zero-order chi connectivity index (χ0) is 23.0. The fraction of sp³-hybridized carbons (Fsp3) is 0.227. The van der Waals surface area contributed by atoms with Gasteiger partial charge in [0.05, 0.1) is 12.0 Å². The molecule has 11 heteroatoms. The predicted molar refractivity (Wildman–Crippen MR) is 119 cm³/mol. The van der Waals surface area contributed by atoms with E-state index in [1.807, 2.05) is 4.90 Å². The zero-order valence-electron chi connectivity index (χ0n) is 17.6. The van der Waals surface area contributed by atoms with Crippen molar-refractivity contribution in [1.82, 2.24) is 24.7 Å². The number of carbonyl (C=O) groups is 1. The lowest BCUT2D eigenvalue weighted by Gasteiger charge is -2.35. The first-order chi connectivity index (χ1) is 15.9. The average molecular weight is 469 g/mol. The summed E-state index contributed by atoms with van der Waals surface area (Å²) in [5, 5.41) is 2.82. The summed E-state index contributed by atoms with van der Waals surface area (Å²) in [6, 6.07) is 11.3. The fourth-order valence-corrected chi connectivity index (χ4v) is 5.23. The number of sulfonamides is 1. The molecule has 1 fully saturated rings. The van der Waals surface area contributed by atoms with Gasteiger partial charge in [0.15, 0.2) is 5.84 Å². The number of amides is 2. The summed E-state index contributed by atoms with van der Waals surface area (Å²) in [6.45, 7) is 1.95. The number of hydrogen-bond donors (Lipinski definition) is 1. The fourth-order valence-electron chi connectivity index (χ4n) is 4.00. The summed E-state index contributed by atoms with van der Waals surface area (Å²) in [7, 11) is -3.68. The molecule has 1 aromatic heterocycles. The lowest BCUT2D eigenvalue weighted by Crippen LogP contribution is -2.53. The maximum atomic E-state index is 14.4. The largest absolute Gasteiger partial charge is 0.352 e. The van der Waals surface area contributed by atoms with Crippen LogP contribution in [0.5, 0.6) is 0 Å². The molecule has 0 aliphatic carbocycles. The van der Waals surface area contributed by atoms with Gasteiger partial charge in [-0.2, -0.15) is 8.42 Å².